The lowest BCUT2D eigenvalue weighted by molar-refractivity contribution is 0.0391. The van der Waals surface area contributed by atoms with Crippen molar-refractivity contribution in [2.45, 2.75) is 44.2 Å². The van der Waals surface area contributed by atoms with E-state index in [1.165, 1.54) is 6.42 Å². The molecule has 1 fully saturated rings. The quantitative estimate of drug-likeness (QED) is 0.829. The van der Waals surface area contributed by atoms with Gasteiger partial charge in [0, 0.05) is 24.1 Å². The number of nitrogens with two attached hydrogens (primary N) is 1. The van der Waals surface area contributed by atoms with Crippen molar-refractivity contribution in [3.8, 4) is 11.5 Å². The van der Waals surface area contributed by atoms with Crippen LogP contribution in [0.15, 0.2) is 18.2 Å². The van der Waals surface area contributed by atoms with Gasteiger partial charge in [-0.05, 0) is 31.2 Å². The number of hydrogen-bond acceptors (Lipinski definition) is 3. The molecule has 3 nitrogen and oxygen atoms in total. The zero-order valence-electron chi connectivity index (χ0n) is 11.1. The van der Waals surface area contributed by atoms with Gasteiger partial charge in [-0.25, -0.2) is 0 Å². The maximum atomic E-state index is 6.32. The summed E-state index contributed by atoms with van der Waals surface area (Å²) >= 11 is 0. The van der Waals surface area contributed by atoms with Gasteiger partial charge in [0.05, 0.1) is 7.11 Å². The molecule has 18 heavy (non-hydrogen) atoms. The van der Waals surface area contributed by atoms with Crippen molar-refractivity contribution in [2.24, 2.45) is 11.7 Å². The molecule has 1 aliphatic heterocycles. The summed E-state index contributed by atoms with van der Waals surface area (Å²) in [5, 5.41) is 0. The Morgan fingerprint density at radius 1 is 1.39 bits per heavy atom. The summed E-state index contributed by atoms with van der Waals surface area (Å²) in [6.45, 7) is 2.30. The maximum absolute atomic E-state index is 6.32. The first-order chi connectivity index (χ1) is 8.62. The average molecular weight is 247 g/mol. The second-order valence-electron chi connectivity index (χ2n) is 5.85. The molecule has 1 aliphatic carbocycles. The number of benzene rings is 1. The lowest BCUT2D eigenvalue weighted by Crippen LogP contribution is -2.40. The highest BCUT2D eigenvalue weighted by Gasteiger charge is 2.44. The van der Waals surface area contributed by atoms with Crippen LogP contribution < -0.4 is 15.2 Å². The lowest BCUT2D eigenvalue weighted by atomic mass is 9.86. The molecular weight excluding hydrogens is 226 g/mol. The van der Waals surface area contributed by atoms with Gasteiger partial charge in [-0.3, -0.25) is 0 Å². The number of rotatable bonds is 1. The molecule has 2 aliphatic rings. The van der Waals surface area contributed by atoms with Crippen LogP contribution in [-0.4, -0.2) is 12.7 Å². The standard InChI is InChI=1S/C15H21NO2/c1-10-5-6-15(8-10)9-13(16)12-4-3-11(17-2)7-14(12)18-15/h3-4,7,10,13H,5-6,8-9,16H2,1-2H3/t10?,13-,15?/m1/s1. The van der Waals surface area contributed by atoms with Gasteiger partial charge in [-0.2, -0.15) is 0 Å². The lowest BCUT2D eigenvalue weighted by Gasteiger charge is -2.39. The monoisotopic (exact) mass is 247 g/mol. The maximum Gasteiger partial charge on any atom is 0.128 e. The highest BCUT2D eigenvalue weighted by Crippen LogP contribution is 2.48. The van der Waals surface area contributed by atoms with Crippen LogP contribution in [0.4, 0.5) is 0 Å². The molecule has 1 aromatic carbocycles. The highest BCUT2D eigenvalue weighted by atomic mass is 16.5. The van der Waals surface area contributed by atoms with E-state index < -0.39 is 0 Å². The third kappa shape index (κ3) is 1.87. The third-order valence-electron chi connectivity index (χ3n) is 4.35. The van der Waals surface area contributed by atoms with E-state index in [1.54, 1.807) is 7.11 Å². The van der Waals surface area contributed by atoms with Crippen molar-refractivity contribution in [1.29, 1.82) is 0 Å². The molecule has 1 heterocycles. The van der Waals surface area contributed by atoms with Crippen LogP contribution in [-0.2, 0) is 0 Å². The molecule has 0 amide bonds. The van der Waals surface area contributed by atoms with Crippen LogP contribution in [0.25, 0.3) is 0 Å². The van der Waals surface area contributed by atoms with E-state index in [-0.39, 0.29) is 11.6 Å². The minimum atomic E-state index is -0.0296. The number of ether oxygens (including phenoxy) is 2. The number of hydrogen-bond donors (Lipinski definition) is 1. The van der Waals surface area contributed by atoms with E-state index in [0.29, 0.717) is 0 Å². The Kier molecular flexibility index (Phi) is 2.74. The first kappa shape index (κ1) is 11.8. The van der Waals surface area contributed by atoms with E-state index >= 15 is 0 Å². The van der Waals surface area contributed by atoms with Crippen LogP contribution >= 0.6 is 0 Å². The largest absolute Gasteiger partial charge is 0.497 e. The molecule has 1 aromatic rings. The minimum absolute atomic E-state index is 0.0296. The van der Waals surface area contributed by atoms with Crippen molar-refractivity contribution in [3.63, 3.8) is 0 Å². The molecule has 3 atom stereocenters. The van der Waals surface area contributed by atoms with E-state index in [2.05, 4.69) is 6.92 Å². The van der Waals surface area contributed by atoms with Crippen LogP contribution in [0.3, 0.4) is 0 Å². The first-order valence-corrected chi connectivity index (χ1v) is 6.74. The van der Waals surface area contributed by atoms with Crippen molar-refractivity contribution in [1.82, 2.24) is 0 Å². The zero-order valence-corrected chi connectivity index (χ0v) is 11.1. The summed E-state index contributed by atoms with van der Waals surface area (Å²) in [7, 11) is 1.68. The van der Waals surface area contributed by atoms with Gasteiger partial charge in [-0.15, -0.1) is 0 Å². The Morgan fingerprint density at radius 3 is 2.89 bits per heavy atom. The predicted molar refractivity (Wildman–Crippen MR) is 70.9 cm³/mol. The van der Waals surface area contributed by atoms with E-state index in [0.717, 1.165) is 42.2 Å². The molecule has 1 spiro atoms. The van der Waals surface area contributed by atoms with E-state index in [4.69, 9.17) is 15.2 Å². The Labute approximate surface area is 108 Å². The summed E-state index contributed by atoms with van der Waals surface area (Å²) in [6, 6.07) is 6.05. The Hall–Kier alpha value is -1.22. The molecule has 0 saturated heterocycles. The van der Waals surface area contributed by atoms with Gasteiger partial charge in [0.2, 0.25) is 0 Å². The van der Waals surface area contributed by atoms with Crippen molar-refractivity contribution in [3.05, 3.63) is 23.8 Å². The fourth-order valence-corrected chi connectivity index (χ4v) is 3.45. The van der Waals surface area contributed by atoms with Crippen LogP contribution in [0.5, 0.6) is 11.5 Å². The third-order valence-corrected chi connectivity index (χ3v) is 4.35. The van der Waals surface area contributed by atoms with E-state index in [9.17, 15) is 0 Å². The van der Waals surface area contributed by atoms with Crippen molar-refractivity contribution >= 4 is 0 Å². The number of methoxy groups -OCH3 is 1. The first-order valence-electron chi connectivity index (χ1n) is 6.74. The molecule has 1 saturated carbocycles. The van der Waals surface area contributed by atoms with Gasteiger partial charge in [0.25, 0.3) is 0 Å². The SMILES string of the molecule is COc1ccc2c(c1)OC1(CCC(C)C1)C[C@H]2N. The predicted octanol–water partition coefficient (Wildman–Crippen LogP) is 3.04. The molecule has 2 N–H and O–H groups in total. The van der Waals surface area contributed by atoms with Gasteiger partial charge in [-0.1, -0.05) is 13.0 Å². The van der Waals surface area contributed by atoms with E-state index in [1.807, 2.05) is 18.2 Å². The summed E-state index contributed by atoms with van der Waals surface area (Å²) in [6.07, 6.45) is 4.43. The van der Waals surface area contributed by atoms with Crippen LogP contribution in [0.1, 0.15) is 44.2 Å². The average Bonchev–Trinajstić information content (AvgIpc) is 2.69. The fraction of sp³-hybridized carbons (Fsp3) is 0.600. The Balaban J connectivity index is 1.95. The molecule has 98 valence electrons. The second kappa shape index (κ2) is 4.16. The zero-order chi connectivity index (χ0) is 12.8. The topological polar surface area (TPSA) is 44.5 Å². The molecule has 3 heteroatoms. The summed E-state index contributed by atoms with van der Waals surface area (Å²) in [4.78, 5) is 0. The highest BCUT2D eigenvalue weighted by molar-refractivity contribution is 5.44. The Bertz CT molecular complexity index is 460. The smallest absolute Gasteiger partial charge is 0.128 e. The minimum Gasteiger partial charge on any atom is -0.497 e. The second-order valence-corrected chi connectivity index (χ2v) is 5.85. The molecule has 0 radical (unpaired) electrons. The van der Waals surface area contributed by atoms with Gasteiger partial charge in [0.15, 0.2) is 0 Å². The van der Waals surface area contributed by atoms with Gasteiger partial charge in [0.1, 0.15) is 17.1 Å². The van der Waals surface area contributed by atoms with Crippen LogP contribution in [0, 0.1) is 5.92 Å². The molecular formula is C15H21NO2. The van der Waals surface area contributed by atoms with Gasteiger partial charge < -0.3 is 15.2 Å². The summed E-state index contributed by atoms with van der Waals surface area (Å²) in [5.41, 5.74) is 7.40. The fourth-order valence-electron chi connectivity index (χ4n) is 3.45. The Morgan fingerprint density at radius 2 is 2.22 bits per heavy atom. The molecule has 0 bridgehead atoms. The van der Waals surface area contributed by atoms with Crippen molar-refractivity contribution in [2.75, 3.05) is 7.11 Å². The number of fused-ring (bicyclic) bond motifs is 1. The summed E-state index contributed by atoms with van der Waals surface area (Å²) < 4.78 is 11.6. The normalized spacial score (nSPS) is 34.2. The van der Waals surface area contributed by atoms with Crippen molar-refractivity contribution < 1.29 is 9.47 Å². The molecule has 0 aromatic heterocycles. The van der Waals surface area contributed by atoms with Gasteiger partial charge >= 0.3 is 0 Å². The molecule has 3 rings (SSSR count). The molecule has 2 unspecified atom stereocenters. The summed E-state index contributed by atoms with van der Waals surface area (Å²) in [5.74, 6) is 2.50. The van der Waals surface area contributed by atoms with Crippen LogP contribution in [0.2, 0.25) is 0 Å².